The molecule has 0 aliphatic rings. The van der Waals surface area contributed by atoms with Crippen LogP contribution in [0, 0.1) is 22.9 Å². The molecule has 0 aliphatic carbocycles. The van der Waals surface area contributed by atoms with Crippen LogP contribution in [0.15, 0.2) is 0 Å². The number of nitriles is 2. The molecule has 0 aliphatic heterocycles. The van der Waals surface area contributed by atoms with E-state index < -0.39 is 0 Å². The Kier molecular flexibility index (Phi) is 238. The van der Waals surface area contributed by atoms with Gasteiger partial charge in [-0.3, -0.25) is 0 Å². The van der Waals surface area contributed by atoms with E-state index in [1.165, 1.54) is 12.4 Å². The van der Waals surface area contributed by atoms with Crippen LogP contribution in [0.1, 0.15) is 0 Å². The molecule has 0 rings (SSSR count). The maximum atomic E-state index is 7.10. The second-order valence-corrected chi connectivity index (χ2v) is 0.258. The van der Waals surface area contributed by atoms with Crippen molar-refractivity contribution in [2.24, 2.45) is 11.5 Å². The van der Waals surface area contributed by atoms with Crippen molar-refractivity contribution in [1.29, 1.82) is 10.5 Å². The molecule has 0 bridgehead atoms. The van der Waals surface area contributed by atoms with Gasteiger partial charge in [-0.2, -0.15) is 10.5 Å². The SMILES string of the molecule is N#CN.N#CN.[Ni].[Zn]. The zero-order chi connectivity index (χ0) is 5.41. The molecule has 4 N–H and O–H groups in total. The van der Waals surface area contributed by atoms with Crippen LogP contribution in [0.5, 0.6) is 0 Å². The maximum absolute atomic E-state index is 7.10. The molecule has 0 atom stereocenters. The molecule has 0 unspecified atom stereocenters. The third kappa shape index (κ3) is 1370. The van der Waals surface area contributed by atoms with Crippen molar-refractivity contribution in [1.82, 2.24) is 0 Å². The van der Waals surface area contributed by atoms with E-state index in [4.69, 9.17) is 10.5 Å². The summed E-state index contributed by atoms with van der Waals surface area (Å²) in [6.45, 7) is 0. The van der Waals surface area contributed by atoms with Crippen molar-refractivity contribution in [2.45, 2.75) is 0 Å². The van der Waals surface area contributed by atoms with Gasteiger partial charge in [-0.1, -0.05) is 0 Å². The van der Waals surface area contributed by atoms with Crippen LogP contribution < -0.4 is 11.5 Å². The summed E-state index contributed by atoms with van der Waals surface area (Å²) in [5, 5.41) is 14.2. The van der Waals surface area contributed by atoms with Crippen LogP contribution in [0.4, 0.5) is 0 Å². The van der Waals surface area contributed by atoms with Crippen molar-refractivity contribution in [3.05, 3.63) is 0 Å². The fourth-order valence-corrected chi connectivity index (χ4v) is 0. The summed E-state index contributed by atoms with van der Waals surface area (Å²) in [5.74, 6) is 0. The molecule has 0 fully saturated rings. The largest absolute Gasteiger partial charge is 0.337 e. The molecule has 4 nitrogen and oxygen atoms in total. The molecule has 0 aromatic rings. The summed E-state index contributed by atoms with van der Waals surface area (Å²) in [6, 6.07) is 0. The van der Waals surface area contributed by atoms with E-state index in [0.29, 0.717) is 0 Å². The van der Waals surface area contributed by atoms with E-state index in [2.05, 4.69) is 11.5 Å². The minimum Gasteiger partial charge on any atom is -0.337 e. The second kappa shape index (κ2) is 75.5. The first-order chi connectivity index (χ1) is 2.83. The first-order valence-corrected chi connectivity index (χ1v) is 1.02. The summed E-state index contributed by atoms with van der Waals surface area (Å²) in [4.78, 5) is 0. The van der Waals surface area contributed by atoms with Crippen molar-refractivity contribution >= 4 is 0 Å². The van der Waals surface area contributed by atoms with E-state index >= 15 is 0 Å². The Morgan fingerprint density at radius 2 is 1.00 bits per heavy atom. The molecule has 0 amide bonds. The Morgan fingerprint density at radius 1 is 1.00 bits per heavy atom. The maximum Gasteiger partial charge on any atom is 0.173 e. The summed E-state index contributed by atoms with van der Waals surface area (Å²) < 4.78 is 0. The van der Waals surface area contributed by atoms with Crippen molar-refractivity contribution < 1.29 is 36.0 Å². The third-order valence-corrected chi connectivity index (χ3v) is 0. The van der Waals surface area contributed by atoms with Gasteiger partial charge in [-0.05, 0) is 0 Å². The Bertz CT molecular complexity index is 69.0. The summed E-state index contributed by atoms with van der Waals surface area (Å²) in [6.07, 6.45) is 2.50. The van der Waals surface area contributed by atoms with E-state index in [1.807, 2.05) is 0 Å². The van der Waals surface area contributed by atoms with Gasteiger partial charge in [0.2, 0.25) is 0 Å². The molecule has 0 radical (unpaired) electrons. The van der Waals surface area contributed by atoms with Crippen LogP contribution in [0.3, 0.4) is 0 Å². The molecule has 6 heteroatoms. The monoisotopic (exact) mass is 206 g/mol. The molecule has 0 saturated carbocycles. The van der Waals surface area contributed by atoms with Crippen LogP contribution in [-0.2, 0) is 36.0 Å². The predicted octanol–water partition coefficient (Wildman–Crippen LogP) is -1.15. The minimum atomic E-state index is 0. The Labute approximate surface area is 70.5 Å². The number of rotatable bonds is 0. The van der Waals surface area contributed by atoms with Gasteiger partial charge in [0.05, 0.1) is 0 Å². The summed E-state index contributed by atoms with van der Waals surface area (Å²) in [5.41, 5.74) is 8.31. The van der Waals surface area contributed by atoms with E-state index in [0.717, 1.165) is 0 Å². The van der Waals surface area contributed by atoms with E-state index in [-0.39, 0.29) is 36.0 Å². The summed E-state index contributed by atoms with van der Waals surface area (Å²) >= 11 is 0. The van der Waals surface area contributed by atoms with Gasteiger partial charge in [0.25, 0.3) is 0 Å². The third-order valence-electron chi connectivity index (χ3n) is 0. The van der Waals surface area contributed by atoms with Crippen molar-refractivity contribution in [3.63, 3.8) is 0 Å². The van der Waals surface area contributed by atoms with Gasteiger partial charge < -0.3 is 11.5 Å². The van der Waals surface area contributed by atoms with Crippen LogP contribution in [0.25, 0.3) is 0 Å². The number of nitrogens with zero attached hydrogens (tertiary/aromatic N) is 2. The molecule has 0 heterocycles. The smallest absolute Gasteiger partial charge is 0.173 e. The molecule has 0 aromatic carbocycles. The van der Waals surface area contributed by atoms with Gasteiger partial charge in [0.1, 0.15) is 0 Å². The van der Waals surface area contributed by atoms with Crippen LogP contribution in [0.2, 0.25) is 0 Å². The minimum absolute atomic E-state index is 0. The quantitative estimate of drug-likeness (QED) is 0.298. The molecule has 0 aromatic heterocycles. The summed E-state index contributed by atoms with van der Waals surface area (Å²) in [7, 11) is 0. The molecular weight excluding hydrogens is 204 g/mol. The number of hydrogen-bond donors (Lipinski definition) is 2. The van der Waals surface area contributed by atoms with E-state index in [1.54, 1.807) is 0 Å². The average Bonchev–Trinajstić information content (AvgIpc) is 1.39. The molecule has 0 spiro atoms. The standard InChI is InChI=1S/2CH2N2.Ni.Zn/c2*2-1-3;;/h2*2H2;;. The topological polar surface area (TPSA) is 99.6 Å². The molecular formula is C2H4N4NiZn. The zero-order valence-electron chi connectivity index (χ0n) is 4.07. The number of nitrogens with two attached hydrogens (primary N) is 2. The van der Waals surface area contributed by atoms with Crippen molar-refractivity contribution in [2.75, 3.05) is 0 Å². The average molecular weight is 208 g/mol. The van der Waals surface area contributed by atoms with Gasteiger partial charge in [-0.25, -0.2) is 0 Å². The molecule has 8 heavy (non-hydrogen) atoms. The van der Waals surface area contributed by atoms with E-state index in [9.17, 15) is 0 Å². The Hall–Kier alpha value is -0.303. The first-order valence-electron chi connectivity index (χ1n) is 1.02. The second-order valence-electron chi connectivity index (χ2n) is 0.258. The van der Waals surface area contributed by atoms with Gasteiger partial charge in [0.15, 0.2) is 12.4 Å². The van der Waals surface area contributed by atoms with Crippen LogP contribution >= 0.6 is 0 Å². The van der Waals surface area contributed by atoms with Crippen LogP contribution in [-0.4, -0.2) is 0 Å². The Balaban J connectivity index is -0.0000000160. The van der Waals surface area contributed by atoms with Crippen molar-refractivity contribution in [3.8, 4) is 12.4 Å². The first kappa shape index (κ1) is 25.3. The van der Waals surface area contributed by atoms with Gasteiger partial charge in [0, 0.05) is 36.0 Å². The fraction of sp³-hybridized carbons (Fsp3) is 0. The normalized spacial score (nSPS) is 1.75. The molecule has 0 saturated heterocycles. The molecule has 44 valence electrons. The number of hydrogen-bond acceptors (Lipinski definition) is 4. The zero-order valence-corrected chi connectivity index (χ0v) is 8.03. The predicted molar refractivity (Wildman–Crippen MR) is 19.6 cm³/mol. The van der Waals surface area contributed by atoms with Gasteiger partial charge >= 0.3 is 0 Å². The van der Waals surface area contributed by atoms with Gasteiger partial charge in [-0.15, -0.1) is 0 Å². The fourth-order valence-electron chi connectivity index (χ4n) is 0. The Morgan fingerprint density at radius 3 is 1.00 bits per heavy atom.